The fourth-order valence-corrected chi connectivity index (χ4v) is 3.22. The minimum Gasteiger partial charge on any atom is -0.0623 e. The van der Waals surface area contributed by atoms with Crippen molar-refractivity contribution >= 4 is 0 Å². The molecule has 0 saturated carbocycles. The van der Waals surface area contributed by atoms with Crippen molar-refractivity contribution in [2.45, 2.75) is 4.63 Å². The van der Waals surface area contributed by atoms with E-state index in [0.717, 1.165) is 0 Å². The number of benzene rings is 3. The fraction of sp³-hybridized carbons (Fsp3) is 0.0526. The zero-order chi connectivity index (χ0) is 13.8. The molecule has 0 radical (unpaired) electrons. The van der Waals surface area contributed by atoms with Crippen LogP contribution in [0.25, 0.3) is 11.1 Å². The van der Waals surface area contributed by atoms with Gasteiger partial charge in [-0.15, -0.1) is 0 Å². The van der Waals surface area contributed by atoms with Crippen LogP contribution in [0.1, 0.15) is 15.8 Å². The van der Waals surface area contributed by atoms with Crippen molar-refractivity contribution in [2.75, 3.05) is 0 Å². The van der Waals surface area contributed by atoms with Crippen LogP contribution < -0.4 is 0 Å². The Morgan fingerprint density at radius 2 is 0.850 bits per heavy atom. The van der Waals surface area contributed by atoms with E-state index in [-0.39, 0.29) is 0 Å². The van der Waals surface area contributed by atoms with Gasteiger partial charge in [0.25, 0.3) is 0 Å². The van der Waals surface area contributed by atoms with E-state index in [4.69, 9.17) is 0 Å². The summed E-state index contributed by atoms with van der Waals surface area (Å²) in [5.74, 6) is 0. The molecule has 0 saturated heterocycles. The van der Waals surface area contributed by atoms with Crippen molar-refractivity contribution in [3.8, 4) is 11.1 Å². The summed E-state index contributed by atoms with van der Waals surface area (Å²) in [6, 6.07) is 29.3. The summed E-state index contributed by atoms with van der Waals surface area (Å²) >= 11 is 2.77. The van der Waals surface area contributed by atoms with Gasteiger partial charge in [0.05, 0.1) is 0 Å². The van der Waals surface area contributed by atoms with Gasteiger partial charge in [-0.3, -0.25) is 0 Å². The van der Waals surface area contributed by atoms with E-state index >= 15 is 0 Å². The largest absolute Gasteiger partial charge is 0.0623 e. The molecule has 0 aromatic heterocycles. The summed E-state index contributed by atoms with van der Waals surface area (Å²) in [5, 5.41) is 0. The van der Waals surface area contributed by atoms with Crippen LogP contribution in [0.2, 0.25) is 0 Å². The predicted octanol–water partition coefficient (Wildman–Crippen LogP) is 4.99. The number of rotatable bonds is 0. The Labute approximate surface area is 129 Å². The molecule has 3 aromatic carbocycles. The molecule has 0 N–H and O–H groups in total. The van der Waals surface area contributed by atoms with E-state index in [2.05, 4.69) is 66.0 Å². The molecule has 1 aliphatic rings. The molecule has 1 heteroatoms. The minimum absolute atomic E-state index is 0.495. The second-order valence-electron chi connectivity index (χ2n) is 4.73. The average Bonchev–Trinajstić information content (AvgIpc) is 2.84. The molecular weight excluding hydrogens is 279 g/mol. The molecule has 96 valence electrons. The normalized spacial score (nSPS) is 12.0. The van der Waals surface area contributed by atoms with Gasteiger partial charge >= 0.3 is 92.8 Å². The first-order valence-electron chi connectivity index (χ1n) is 6.74. The van der Waals surface area contributed by atoms with Crippen LogP contribution in [0, 0.1) is 0 Å². The Hall–Kier alpha value is -1.76. The standard InChI is InChI=1S/C13H9.C6H6.V/c1-3-7-12-10(5-1)9-11-6-2-4-8-13(11)12;1-2-4-6-5-3-1;/h1-9H;1-6H;. The third-order valence-electron chi connectivity index (χ3n) is 3.47. The zero-order valence-corrected chi connectivity index (χ0v) is 12.5. The van der Waals surface area contributed by atoms with Crippen molar-refractivity contribution in [3.63, 3.8) is 0 Å². The van der Waals surface area contributed by atoms with Crippen molar-refractivity contribution in [1.82, 2.24) is 0 Å². The Kier molecular flexibility index (Phi) is 4.06. The maximum atomic E-state index is 2.77. The van der Waals surface area contributed by atoms with Crippen molar-refractivity contribution in [3.05, 3.63) is 96.1 Å². The summed E-state index contributed by atoms with van der Waals surface area (Å²) in [6.45, 7) is 0. The second-order valence-corrected chi connectivity index (χ2v) is 5.54. The van der Waals surface area contributed by atoms with Crippen LogP contribution in [0.5, 0.6) is 0 Å². The van der Waals surface area contributed by atoms with Gasteiger partial charge in [0.15, 0.2) is 0 Å². The molecule has 0 unspecified atom stereocenters. The predicted molar refractivity (Wildman–Crippen MR) is 80.2 cm³/mol. The molecule has 0 atom stereocenters. The molecule has 3 aromatic rings. The number of hydrogen-bond donors (Lipinski definition) is 0. The third-order valence-corrected chi connectivity index (χ3v) is 4.34. The average molecular weight is 294 g/mol. The van der Waals surface area contributed by atoms with Crippen LogP contribution in [0.4, 0.5) is 0 Å². The second kappa shape index (κ2) is 6.13. The van der Waals surface area contributed by atoms with Crippen molar-refractivity contribution in [1.29, 1.82) is 0 Å². The van der Waals surface area contributed by atoms with Gasteiger partial charge in [0.2, 0.25) is 0 Å². The summed E-state index contributed by atoms with van der Waals surface area (Å²) in [7, 11) is 0. The molecule has 0 aliphatic heterocycles. The summed E-state index contributed by atoms with van der Waals surface area (Å²) < 4.78 is 0.495. The Morgan fingerprint density at radius 1 is 0.500 bits per heavy atom. The first-order valence-corrected chi connectivity index (χ1v) is 7.55. The molecule has 0 heterocycles. The molecule has 20 heavy (non-hydrogen) atoms. The minimum atomic E-state index is 0.495. The van der Waals surface area contributed by atoms with E-state index in [0.29, 0.717) is 4.63 Å². The Morgan fingerprint density at radius 3 is 1.25 bits per heavy atom. The van der Waals surface area contributed by atoms with E-state index in [1.54, 1.807) is 0 Å². The number of hydrogen-bond acceptors (Lipinski definition) is 0. The third kappa shape index (κ3) is 2.58. The first kappa shape index (κ1) is 13.2. The smallest absolute Gasteiger partial charge is 0.0623 e. The first-order chi connectivity index (χ1) is 9.88. The van der Waals surface area contributed by atoms with Crippen LogP contribution in [-0.4, -0.2) is 0 Å². The summed E-state index contributed by atoms with van der Waals surface area (Å²) in [6.07, 6.45) is 0. The molecule has 0 spiro atoms. The van der Waals surface area contributed by atoms with Gasteiger partial charge in [0.1, 0.15) is 0 Å². The van der Waals surface area contributed by atoms with Gasteiger partial charge in [0, 0.05) is 0 Å². The quantitative estimate of drug-likeness (QED) is 0.548. The monoisotopic (exact) mass is 294 g/mol. The molecule has 0 nitrogen and oxygen atoms in total. The summed E-state index contributed by atoms with van der Waals surface area (Å²) in [4.78, 5) is 0. The molecule has 0 bridgehead atoms. The van der Waals surface area contributed by atoms with Gasteiger partial charge in [-0.2, -0.15) is 0 Å². The molecule has 0 fully saturated rings. The van der Waals surface area contributed by atoms with Crippen LogP contribution in [-0.2, 0) is 17.4 Å². The molecule has 4 rings (SSSR count). The molecule has 1 aliphatic carbocycles. The van der Waals surface area contributed by atoms with Crippen LogP contribution in [0.3, 0.4) is 0 Å². The van der Waals surface area contributed by atoms with Gasteiger partial charge in [-0.1, -0.05) is 36.4 Å². The maximum Gasteiger partial charge on any atom is -0.0623 e. The van der Waals surface area contributed by atoms with Gasteiger partial charge in [-0.05, 0) is 0 Å². The summed E-state index contributed by atoms with van der Waals surface area (Å²) in [5.41, 5.74) is 5.67. The van der Waals surface area contributed by atoms with E-state index < -0.39 is 0 Å². The maximum absolute atomic E-state index is 2.77. The van der Waals surface area contributed by atoms with Crippen molar-refractivity contribution < 1.29 is 17.4 Å². The van der Waals surface area contributed by atoms with E-state index in [9.17, 15) is 0 Å². The van der Waals surface area contributed by atoms with Gasteiger partial charge < -0.3 is 0 Å². The van der Waals surface area contributed by atoms with Crippen molar-refractivity contribution in [2.24, 2.45) is 0 Å². The van der Waals surface area contributed by atoms with Gasteiger partial charge in [-0.25, -0.2) is 0 Å². The van der Waals surface area contributed by atoms with Crippen LogP contribution >= 0.6 is 0 Å². The fourth-order valence-electron chi connectivity index (χ4n) is 2.51. The topological polar surface area (TPSA) is 0 Å². The van der Waals surface area contributed by atoms with E-state index in [1.807, 2.05) is 36.4 Å². The number of fused-ring (bicyclic) bond motifs is 3. The van der Waals surface area contributed by atoms with Crippen LogP contribution in [0.15, 0.2) is 84.9 Å². The molecular formula is C19H15V. The Bertz CT molecular complexity index is 617. The SMILES string of the molecule is [V][CH]1c2ccccc2-c2ccccc21.c1ccccc1. The zero-order valence-electron chi connectivity index (χ0n) is 11.1. The van der Waals surface area contributed by atoms with E-state index in [1.165, 1.54) is 22.3 Å². The Balaban J connectivity index is 0.000000170. The molecule has 0 amide bonds.